The Balaban J connectivity index is 1.64. The molecule has 4 nitrogen and oxygen atoms in total. The van der Waals surface area contributed by atoms with E-state index in [4.69, 9.17) is 4.74 Å². The second-order valence-corrected chi connectivity index (χ2v) is 5.87. The van der Waals surface area contributed by atoms with Gasteiger partial charge in [0.05, 0.1) is 11.8 Å². The van der Waals surface area contributed by atoms with Crippen molar-refractivity contribution in [1.29, 1.82) is 0 Å². The number of ether oxygens (including phenoxy) is 1. The molecule has 3 unspecified atom stereocenters. The van der Waals surface area contributed by atoms with Crippen LogP contribution in [0.3, 0.4) is 0 Å². The lowest BCUT2D eigenvalue weighted by molar-refractivity contribution is -0.113. The van der Waals surface area contributed by atoms with E-state index < -0.39 is 0 Å². The molecule has 2 fully saturated rings. The van der Waals surface area contributed by atoms with E-state index in [1.165, 1.54) is 12.1 Å². The van der Waals surface area contributed by atoms with Gasteiger partial charge in [0.2, 0.25) is 0 Å². The van der Waals surface area contributed by atoms with E-state index in [0.717, 1.165) is 13.2 Å². The molecule has 4 heteroatoms. The fraction of sp³-hybridized carbons (Fsp3) is 0.769. The summed E-state index contributed by atoms with van der Waals surface area (Å²) in [6.45, 7) is 6.44. The minimum absolute atomic E-state index is 0.264. The van der Waals surface area contributed by atoms with Crippen LogP contribution in [-0.4, -0.2) is 28.5 Å². The summed E-state index contributed by atoms with van der Waals surface area (Å²) in [5, 5.41) is 7.88. The largest absolute Gasteiger partial charge is 0.377 e. The first-order valence-corrected chi connectivity index (χ1v) is 6.42. The Kier molecular flexibility index (Phi) is 2.52. The summed E-state index contributed by atoms with van der Waals surface area (Å²) in [4.78, 5) is 0. The number of rotatable bonds is 3. The van der Waals surface area contributed by atoms with Crippen LogP contribution in [0.25, 0.3) is 0 Å². The van der Waals surface area contributed by atoms with Gasteiger partial charge in [0.1, 0.15) is 0 Å². The Morgan fingerprint density at radius 1 is 1.59 bits per heavy atom. The highest BCUT2D eigenvalue weighted by Crippen LogP contribution is 2.52. The molecule has 1 aromatic rings. The van der Waals surface area contributed by atoms with Crippen LogP contribution in [-0.2, 0) is 18.3 Å². The van der Waals surface area contributed by atoms with E-state index in [0.29, 0.717) is 18.1 Å². The summed E-state index contributed by atoms with van der Waals surface area (Å²) in [6, 6.07) is 2.64. The van der Waals surface area contributed by atoms with Crippen LogP contribution in [0.4, 0.5) is 0 Å². The van der Waals surface area contributed by atoms with Crippen molar-refractivity contribution >= 4 is 0 Å². The topological polar surface area (TPSA) is 39.1 Å². The van der Waals surface area contributed by atoms with Crippen molar-refractivity contribution < 1.29 is 4.74 Å². The van der Waals surface area contributed by atoms with E-state index in [-0.39, 0.29) is 5.41 Å². The molecule has 1 saturated carbocycles. The number of hydrogen-bond donors (Lipinski definition) is 1. The first-order chi connectivity index (χ1) is 8.10. The predicted molar refractivity (Wildman–Crippen MR) is 65.5 cm³/mol. The van der Waals surface area contributed by atoms with Crippen molar-refractivity contribution in [3.8, 4) is 0 Å². The molecule has 1 N–H and O–H groups in total. The highest BCUT2D eigenvalue weighted by molar-refractivity contribution is 5.12. The lowest BCUT2D eigenvalue weighted by atomic mass is 9.57. The third-order valence-corrected chi connectivity index (χ3v) is 4.53. The minimum Gasteiger partial charge on any atom is -0.377 e. The third kappa shape index (κ3) is 1.62. The zero-order valence-corrected chi connectivity index (χ0v) is 10.8. The second kappa shape index (κ2) is 3.82. The van der Waals surface area contributed by atoms with Gasteiger partial charge in [-0.1, -0.05) is 13.8 Å². The van der Waals surface area contributed by atoms with Crippen molar-refractivity contribution in [2.24, 2.45) is 18.4 Å². The summed E-state index contributed by atoms with van der Waals surface area (Å²) < 4.78 is 7.73. The predicted octanol–water partition coefficient (Wildman–Crippen LogP) is 1.32. The Labute approximate surface area is 102 Å². The molecule has 0 bridgehead atoms. The summed E-state index contributed by atoms with van der Waals surface area (Å²) in [5.74, 6) is 0.707. The van der Waals surface area contributed by atoms with Crippen molar-refractivity contribution in [2.45, 2.75) is 39.0 Å². The molecule has 1 aliphatic heterocycles. The number of aromatic nitrogens is 2. The Bertz CT molecular complexity index is 413. The number of fused-ring (bicyclic) bond motifs is 1. The van der Waals surface area contributed by atoms with E-state index in [9.17, 15) is 0 Å². The summed E-state index contributed by atoms with van der Waals surface area (Å²) in [7, 11) is 1.99. The molecule has 1 saturated heterocycles. The lowest BCUT2D eigenvalue weighted by Crippen LogP contribution is -2.65. The maximum absolute atomic E-state index is 5.80. The molecule has 94 valence electrons. The second-order valence-electron chi connectivity index (χ2n) is 5.87. The Morgan fingerprint density at radius 3 is 3.12 bits per heavy atom. The zero-order valence-electron chi connectivity index (χ0n) is 10.8. The highest BCUT2D eigenvalue weighted by atomic mass is 16.5. The third-order valence-electron chi connectivity index (χ3n) is 4.53. The molecule has 0 aromatic carbocycles. The van der Waals surface area contributed by atoms with E-state index >= 15 is 0 Å². The van der Waals surface area contributed by atoms with Crippen molar-refractivity contribution in [3.63, 3.8) is 0 Å². The van der Waals surface area contributed by atoms with E-state index in [2.05, 4.69) is 30.3 Å². The molecular weight excluding hydrogens is 214 g/mol. The van der Waals surface area contributed by atoms with Gasteiger partial charge in [0.25, 0.3) is 0 Å². The van der Waals surface area contributed by atoms with Crippen molar-refractivity contribution in [2.75, 3.05) is 6.61 Å². The van der Waals surface area contributed by atoms with Crippen LogP contribution in [0.1, 0.15) is 26.0 Å². The van der Waals surface area contributed by atoms with Gasteiger partial charge in [-0.2, -0.15) is 5.10 Å². The van der Waals surface area contributed by atoms with Crippen LogP contribution in [0.5, 0.6) is 0 Å². The molecule has 0 radical (unpaired) electrons. The van der Waals surface area contributed by atoms with Gasteiger partial charge in [-0.25, -0.2) is 0 Å². The minimum atomic E-state index is 0.264. The SMILES string of the molecule is Cn1nccc1CNC1C2CCOC2C1(C)C. The van der Waals surface area contributed by atoms with E-state index in [1.807, 2.05) is 17.9 Å². The first kappa shape index (κ1) is 11.2. The molecule has 3 rings (SSSR count). The number of nitrogens with zero attached hydrogens (tertiary/aromatic N) is 2. The molecule has 2 heterocycles. The first-order valence-electron chi connectivity index (χ1n) is 6.42. The molecule has 0 spiro atoms. The maximum atomic E-state index is 5.80. The van der Waals surface area contributed by atoms with Crippen molar-refractivity contribution in [3.05, 3.63) is 18.0 Å². The van der Waals surface area contributed by atoms with E-state index in [1.54, 1.807) is 0 Å². The van der Waals surface area contributed by atoms with Gasteiger partial charge in [-0.15, -0.1) is 0 Å². The van der Waals surface area contributed by atoms with Crippen molar-refractivity contribution in [1.82, 2.24) is 15.1 Å². The van der Waals surface area contributed by atoms with Crippen LogP contribution in [0.2, 0.25) is 0 Å². The Morgan fingerprint density at radius 2 is 2.41 bits per heavy atom. The molecule has 1 aliphatic carbocycles. The van der Waals surface area contributed by atoms with Gasteiger partial charge in [0.15, 0.2) is 0 Å². The van der Waals surface area contributed by atoms with Gasteiger partial charge in [-0.05, 0) is 12.5 Å². The van der Waals surface area contributed by atoms with Gasteiger partial charge in [-0.3, -0.25) is 4.68 Å². The molecular formula is C13H21N3O. The summed E-state index contributed by atoms with van der Waals surface area (Å²) in [5.41, 5.74) is 1.50. The normalized spacial score (nSPS) is 34.4. The molecule has 1 aromatic heterocycles. The smallest absolute Gasteiger partial charge is 0.0685 e. The van der Waals surface area contributed by atoms with Gasteiger partial charge < -0.3 is 10.1 Å². The number of aryl methyl sites for hydroxylation is 1. The average Bonchev–Trinajstić information content (AvgIpc) is 2.87. The summed E-state index contributed by atoms with van der Waals surface area (Å²) in [6.07, 6.45) is 3.52. The van der Waals surface area contributed by atoms with Crippen LogP contribution in [0, 0.1) is 11.3 Å². The lowest BCUT2D eigenvalue weighted by Gasteiger charge is -2.55. The van der Waals surface area contributed by atoms with Gasteiger partial charge >= 0.3 is 0 Å². The summed E-state index contributed by atoms with van der Waals surface area (Å²) >= 11 is 0. The monoisotopic (exact) mass is 235 g/mol. The van der Waals surface area contributed by atoms with Gasteiger partial charge in [0, 0.05) is 43.8 Å². The molecule has 0 amide bonds. The molecule has 2 aliphatic rings. The fourth-order valence-corrected chi connectivity index (χ4v) is 3.53. The standard InChI is InChI=1S/C13H21N3O/c1-13(2)11(10-5-7-17-12(10)13)14-8-9-4-6-15-16(9)3/h4,6,10-12,14H,5,7-8H2,1-3H3. The highest BCUT2D eigenvalue weighted by Gasteiger charge is 2.58. The van der Waals surface area contributed by atoms with Crippen LogP contribution >= 0.6 is 0 Å². The van der Waals surface area contributed by atoms with Crippen LogP contribution < -0.4 is 5.32 Å². The fourth-order valence-electron chi connectivity index (χ4n) is 3.53. The molecule has 3 atom stereocenters. The molecule has 17 heavy (non-hydrogen) atoms. The number of nitrogens with one attached hydrogen (secondary N) is 1. The number of hydrogen-bond acceptors (Lipinski definition) is 3. The van der Waals surface area contributed by atoms with Crippen LogP contribution in [0.15, 0.2) is 12.3 Å². The quantitative estimate of drug-likeness (QED) is 0.859. The average molecular weight is 235 g/mol. The maximum Gasteiger partial charge on any atom is 0.0685 e. The Hall–Kier alpha value is -0.870. The zero-order chi connectivity index (χ0) is 12.0.